The smallest absolute Gasteiger partial charge is 0.336 e. The Bertz CT molecular complexity index is 1500. The first-order valence-electron chi connectivity index (χ1n) is 10.7. The van der Waals surface area contributed by atoms with E-state index in [1.807, 2.05) is 6.07 Å². The van der Waals surface area contributed by atoms with Gasteiger partial charge in [0.1, 0.15) is 12.4 Å². The van der Waals surface area contributed by atoms with Crippen LogP contribution in [0.5, 0.6) is 17.2 Å². The maximum absolute atomic E-state index is 13.0. The van der Waals surface area contributed by atoms with Crippen molar-refractivity contribution in [2.24, 2.45) is 5.73 Å². The monoisotopic (exact) mass is 510 g/mol. The second kappa shape index (κ2) is 10.7. The summed E-state index contributed by atoms with van der Waals surface area (Å²) >= 11 is 12.2. The average Bonchev–Trinajstić information content (AvgIpc) is 3.12. The number of imidazole rings is 1. The number of aromatic nitrogens is 2. The summed E-state index contributed by atoms with van der Waals surface area (Å²) in [6.45, 7) is 0.409. The van der Waals surface area contributed by atoms with Gasteiger partial charge in [0.05, 0.1) is 29.2 Å². The van der Waals surface area contributed by atoms with E-state index in [0.717, 1.165) is 4.57 Å². The van der Waals surface area contributed by atoms with Gasteiger partial charge >= 0.3 is 5.69 Å². The zero-order chi connectivity index (χ0) is 24.9. The molecule has 1 heterocycles. The second-order valence-electron chi connectivity index (χ2n) is 7.52. The third-order valence-corrected chi connectivity index (χ3v) is 5.60. The fourth-order valence-electron chi connectivity index (χ4n) is 3.64. The molecule has 2 N–H and O–H groups in total. The topological polar surface area (TPSA) is 112 Å². The van der Waals surface area contributed by atoms with Crippen LogP contribution in [0.2, 0.25) is 10.0 Å². The Morgan fingerprint density at radius 1 is 1.00 bits per heavy atom. The number of fused-ring (bicyclic) bond motifs is 1. The highest BCUT2D eigenvalue weighted by atomic mass is 35.5. The van der Waals surface area contributed by atoms with E-state index >= 15 is 0 Å². The molecule has 4 rings (SSSR count). The van der Waals surface area contributed by atoms with Gasteiger partial charge in [-0.15, -0.1) is 0 Å². The number of rotatable bonds is 8. The van der Waals surface area contributed by atoms with Crippen molar-refractivity contribution in [3.8, 4) is 23.3 Å². The molecule has 35 heavy (non-hydrogen) atoms. The van der Waals surface area contributed by atoms with Gasteiger partial charge in [-0.05, 0) is 42.5 Å². The number of nitrogens with zero attached hydrogens (tertiary/aromatic N) is 3. The van der Waals surface area contributed by atoms with Crippen molar-refractivity contribution in [2.45, 2.75) is 13.0 Å². The molecule has 0 bridgehead atoms. The number of carbonyl (C=O) groups excluding carboxylic acids is 1. The van der Waals surface area contributed by atoms with Gasteiger partial charge in [0.2, 0.25) is 5.91 Å². The predicted octanol–water partition coefficient (Wildman–Crippen LogP) is 4.84. The van der Waals surface area contributed by atoms with Gasteiger partial charge in [-0.2, -0.15) is 5.26 Å². The molecule has 0 aliphatic rings. The summed E-state index contributed by atoms with van der Waals surface area (Å²) < 4.78 is 14.4. The largest absolute Gasteiger partial charge is 0.488 e. The summed E-state index contributed by atoms with van der Waals surface area (Å²) in [5.41, 5.74) is 6.52. The molecule has 10 heteroatoms. The number of hydrogen-bond donors (Lipinski definition) is 1. The standard InChI is InChI=1S/C25H20Cl2N4O4/c26-17-5-6-22(35-19-12-16(15-29)11-18(27)13-19)23(14-17)34-10-9-30-20-3-1-2-4-21(20)31(25(30)33)24(32)7-8-28/h1-6,11-14H,7-10,28H2. The first-order chi connectivity index (χ1) is 16.9. The van der Waals surface area contributed by atoms with Crippen LogP contribution in [0.25, 0.3) is 11.0 Å². The Kier molecular flexibility index (Phi) is 7.42. The number of nitrogens with two attached hydrogens (primary N) is 1. The molecular formula is C25H20Cl2N4O4. The zero-order valence-electron chi connectivity index (χ0n) is 18.4. The van der Waals surface area contributed by atoms with Gasteiger partial charge in [-0.1, -0.05) is 35.3 Å². The number of hydrogen-bond acceptors (Lipinski definition) is 6. The number of ether oxygens (including phenoxy) is 2. The minimum absolute atomic E-state index is 0.0602. The summed E-state index contributed by atoms with van der Waals surface area (Å²) in [5, 5.41) is 9.95. The van der Waals surface area contributed by atoms with Crippen molar-refractivity contribution >= 4 is 40.1 Å². The molecule has 0 unspecified atom stereocenters. The molecule has 0 radical (unpaired) electrons. The predicted molar refractivity (Wildman–Crippen MR) is 134 cm³/mol. The first kappa shape index (κ1) is 24.4. The van der Waals surface area contributed by atoms with Crippen LogP contribution in [-0.2, 0) is 6.54 Å². The summed E-state index contributed by atoms with van der Waals surface area (Å²) in [5.74, 6) is 0.691. The van der Waals surface area contributed by atoms with Crippen molar-refractivity contribution < 1.29 is 14.3 Å². The molecule has 4 aromatic rings. The number of benzene rings is 3. The van der Waals surface area contributed by atoms with E-state index in [0.29, 0.717) is 43.9 Å². The molecule has 0 amide bonds. The normalized spacial score (nSPS) is 10.8. The van der Waals surface area contributed by atoms with E-state index in [2.05, 4.69) is 0 Å². The highest BCUT2D eigenvalue weighted by Gasteiger charge is 2.18. The lowest BCUT2D eigenvalue weighted by atomic mass is 10.2. The minimum Gasteiger partial charge on any atom is -0.488 e. The molecular weight excluding hydrogens is 491 g/mol. The van der Waals surface area contributed by atoms with Gasteiger partial charge < -0.3 is 15.2 Å². The molecule has 0 saturated carbocycles. The highest BCUT2D eigenvalue weighted by molar-refractivity contribution is 6.31. The Balaban J connectivity index is 1.58. The Morgan fingerprint density at radius 3 is 2.51 bits per heavy atom. The van der Waals surface area contributed by atoms with E-state index in [-0.39, 0.29) is 32.0 Å². The van der Waals surface area contributed by atoms with E-state index in [1.165, 1.54) is 10.6 Å². The van der Waals surface area contributed by atoms with E-state index in [4.69, 9.17) is 43.7 Å². The Morgan fingerprint density at radius 2 is 1.77 bits per heavy atom. The lowest BCUT2D eigenvalue weighted by molar-refractivity contribution is 0.0905. The van der Waals surface area contributed by atoms with Gasteiger partial charge in [-0.25, -0.2) is 9.36 Å². The van der Waals surface area contributed by atoms with Crippen molar-refractivity contribution in [1.29, 1.82) is 5.26 Å². The Hall–Kier alpha value is -3.77. The van der Waals surface area contributed by atoms with Crippen LogP contribution in [-0.4, -0.2) is 28.2 Å². The summed E-state index contributed by atoms with van der Waals surface area (Å²) in [4.78, 5) is 25.5. The van der Waals surface area contributed by atoms with Crippen LogP contribution in [0, 0.1) is 11.3 Å². The third-order valence-electron chi connectivity index (χ3n) is 5.15. The van der Waals surface area contributed by atoms with E-state index in [1.54, 1.807) is 54.6 Å². The maximum atomic E-state index is 13.0. The molecule has 0 aliphatic heterocycles. The number of carbonyl (C=O) groups is 1. The van der Waals surface area contributed by atoms with Gasteiger partial charge in [-0.3, -0.25) is 9.36 Å². The van der Waals surface area contributed by atoms with Crippen molar-refractivity contribution in [1.82, 2.24) is 9.13 Å². The number of para-hydroxylation sites is 2. The fraction of sp³-hybridized carbons (Fsp3) is 0.160. The van der Waals surface area contributed by atoms with E-state index in [9.17, 15) is 9.59 Å². The van der Waals surface area contributed by atoms with Crippen LogP contribution in [0.15, 0.2) is 65.5 Å². The molecule has 0 spiro atoms. The Labute approximate surface area is 210 Å². The molecule has 0 atom stereocenters. The SMILES string of the molecule is N#Cc1cc(Cl)cc(Oc2ccc(Cl)cc2OCCn2c(=O)n(C(=O)CCN)c3ccccc32)c1. The summed E-state index contributed by atoms with van der Waals surface area (Å²) in [7, 11) is 0. The number of halogens is 2. The molecule has 0 aliphatic carbocycles. The lowest BCUT2D eigenvalue weighted by Crippen LogP contribution is -2.31. The van der Waals surface area contributed by atoms with Gasteiger partial charge in [0.15, 0.2) is 11.5 Å². The quantitative estimate of drug-likeness (QED) is 0.362. The molecule has 178 valence electrons. The maximum Gasteiger partial charge on any atom is 0.336 e. The molecule has 0 fully saturated rings. The van der Waals surface area contributed by atoms with Crippen LogP contribution in [0.1, 0.15) is 16.8 Å². The molecule has 8 nitrogen and oxygen atoms in total. The lowest BCUT2D eigenvalue weighted by Gasteiger charge is -2.14. The molecule has 0 saturated heterocycles. The molecule has 3 aromatic carbocycles. The van der Waals surface area contributed by atoms with E-state index < -0.39 is 5.69 Å². The van der Waals surface area contributed by atoms with Crippen LogP contribution >= 0.6 is 23.2 Å². The first-order valence-corrected chi connectivity index (χ1v) is 11.4. The summed E-state index contributed by atoms with van der Waals surface area (Å²) in [6.07, 6.45) is 0.0602. The highest BCUT2D eigenvalue weighted by Crippen LogP contribution is 2.35. The third kappa shape index (κ3) is 5.33. The minimum atomic E-state index is -0.459. The number of nitriles is 1. The van der Waals surface area contributed by atoms with Crippen molar-refractivity contribution in [3.63, 3.8) is 0 Å². The average molecular weight is 511 g/mol. The fourth-order valence-corrected chi connectivity index (χ4v) is 4.03. The van der Waals surface area contributed by atoms with Crippen LogP contribution in [0.3, 0.4) is 0 Å². The van der Waals surface area contributed by atoms with Crippen LogP contribution < -0.4 is 20.9 Å². The van der Waals surface area contributed by atoms with Crippen molar-refractivity contribution in [2.75, 3.05) is 13.2 Å². The van der Waals surface area contributed by atoms with Gasteiger partial charge in [0, 0.05) is 29.1 Å². The van der Waals surface area contributed by atoms with Crippen molar-refractivity contribution in [3.05, 3.63) is 86.8 Å². The van der Waals surface area contributed by atoms with Crippen LogP contribution in [0.4, 0.5) is 0 Å². The zero-order valence-corrected chi connectivity index (χ0v) is 19.9. The van der Waals surface area contributed by atoms with Gasteiger partial charge in [0.25, 0.3) is 0 Å². The molecule has 1 aromatic heterocycles. The summed E-state index contributed by atoms with van der Waals surface area (Å²) in [6, 6.07) is 18.6. The second-order valence-corrected chi connectivity index (χ2v) is 8.39.